The van der Waals surface area contributed by atoms with Crippen LogP contribution < -0.4 is 0 Å². The molecule has 4 rings (SSSR count). The molecule has 24 heavy (non-hydrogen) atoms. The summed E-state index contributed by atoms with van der Waals surface area (Å²) in [4.78, 5) is 19.0. The molecule has 0 radical (unpaired) electrons. The molecule has 5 nitrogen and oxygen atoms in total. The van der Waals surface area contributed by atoms with Gasteiger partial charge in [-0.15, -0.1) is 0 Å². The predicted octanol–water partition coefficient (Wildman–Crippen LogP) is 2.47. The molecule has 0 bridgehead atoms. The lowest BCUT2D eigenvalue weighted by Gasteiger charge is -2.32. The van der Waals surface area contributed by atoms with E-state index in [-0.39, 0.29) is 24.2 Å². The first-order valence-electron chi connectivity index (χ1n) is 8.95. The molecule has 5 heteroatoms. The van der Waals surface area contributed by atoms with Crippen LogP contribution in [0, 0.1) is 0 Å². The van der Waals surface area contributed by atoms with Gasteiger partial charge in [0.2, 0.25) is 5.91 Å². The van der Waals surface area contributed by atoms with Crippen LogP contribution >= 0.6 is 0 Å². The Morgan fingerprint density at radius 3 is 3.17 bits per heavy atom. The Balaban J connectivity index is 1.45. The first-order chi connectivity index (χ1) is 11.8. The number of pyridine rings is 1. The monoisotopic (exact) mass is 328 g/mol. The molecule has 128 valence electrons. The third-order valence-corrected chi connectivity index (χ3v) is 5.24. The molecule has 2 saturated heterocycles. The summed E-state index contributed by atoms with van der Waals surface area (Å²) in [7, 11) is 0. The van der Waals surface area contributed by atoms with Crippen LogP contribution in [-0.4, -0.2) is 47.2 Å². The normalized spacial score (nSPS) is 29.4. The van der Waals surface area contributed by atoms with Gasteiger partial charge in [-0.25, -0.2) is 0 Å². The summed E-state index contributed by atoms with van der Waals surface area (Å²) in [5, 5.41) is 0. The molecule has 1 amide bonds. The van der Waals surface area contributed by atoms with Crippen LogP contribution in [0.15, 0.2) is 36.2 Å². The molecular weight excluding hydrogens is 304 g/mol. The average Bonchev–Trinajstić information content (AvgIpc) is 3.29. The number of nitrogens with zero attached hydrogens (tertiary/aromatic N) is 2. The lowest BCUT2D eigenvalue weighted by atomic mass is 10.0. The zero-order valence-corrected chi connectivity index (χ0v) is 13.9. The summed E-state index contributed by atoms with van der Waals surface area (Å²) in [6.07, 6.45) is 10.7. The van der Waals surface area contributed by atoms with E-state index < -0.39 is 0 Å². The second-order valence-corrected chi connectivity index (χ2v) is 6.83. The number of aromatic nitrogens is 1. The Hall–Kier alpha value is -1.72. The maximum Gasteiger partial charge on any atom is 0.249 e. The fraction of sp³-hybridized carbons (Fsp3) is 0.579. The zero-order valence-electron chi connectivity index (χ0n) is 13.9. The van der Waals surface area contributed by atoms with Crippen molar-refractivity contribution in [3.05, 3.63) is 41.7 Å². The molecule has 2 fully saturated rings. The fourth-order valence-electron chi connectivity index (χ4n) is 4.03. The molecule has 2 aliphatic heterocycles. The Kier molecular flexibility index (Phi) is 4.63. The Labute approximate surface area is 142 Å². The van der Waals surface area contributed by atoms with Gasteiger partial charge >= 0.3 is 0 Å². The molecule has 1 aliphatic carbocycles. The van der Waals surface area contributed by atoms with Crippen molar-refractivity contribution in [1.29, 1.82) is 0 Å². The van der Waals surface area contributed by atoms with E-state index in [9.17, 15) is 4.79 Å². The summed E-state index contributed by atoms with van der Waals surface area (Å²) in [5.41, 5.74) is 2.03. The summed E-state index contributed by atoms with van der Waals surface area (Å²) in [5.74, 6) is 0.195. The van der Waals surface area contributed by atoms with Crippen molar-refractivity contribution < 1.29 is 14.3 Å². The van der Waals surface area contributed by atoms with Gasteiger partial charge in [-0.1, -0.05) is 12.1 Å². The smallest absolute Gasteiger partial charge is 0.249 e. The van der Waals surface area contributed by atoms with Gasteiger partial charge in [0.05, 0.1) is 19.2 Å². The van der Waals surface area contributed by atoms with Crippen LogP contribution in [0.3, 0.4) is 0 Å². The highest BCUT2D eigenvalue weighted by molar-refractivity contribution is 5.94. The first kappa shape index (κ1) is 15.8. The highest BCUT2D eigenvalue weighted by Gasteiger charge is 2.47. The first-order valence-corrected chi connectivity index (χ1v) is 8.95. The van der Waals surface area contributed by atoms with Crippen molar-refractivity contribution in [1.82, 2.24) is 9.88 Å². The van der Waals surface area contributed by atoms with Gasteiger partial charge in [-0.2, -0.15) is 0 Å². The number of ether oxygens (including phenoxy) is 2. The van der Waals surface area contributed by atoms with E-state index in [2.05, 4.69) is 11.1 Å². The zero-order chi connectivity index (χ0) is 16.4. The Bertz CT molecular complexity index is 616. The molecule has 1 aromatic rings. The van der Waals surface area contributed by atoms with Gasteiger partial charge in [0, 0.05) is 24.6 Å². The van der Waals surface area contributed by atoms with Crippen LogP contribution in [-0.2, 0) is 20.9 Å². The van der Waals surface area contributed by atoms with Crippen LogP contribution in [0.4, 0.5) is 0 Å². The van der Waals surface area contributed by atoms with E-state index in [1.165, 1.54) is 0 Å². The molecule has 0 unspecified atom stereocenters. The largest absolute Gasteiger partial charge is 0.373 e. The third kappa shape index (κ3) is 3.10. The van der Waals surface area contributed by atoms with Gasteiger partial charge in [0.15, 0.2) is 0 Å². The number of rotatable bonds is 4. The molecule has 3 atom stereocenters. The van der Waals surface area contributed by atoms with Crippen LogP contribution in [0.1, 0.15) is 37.7 Å². The van der Waals surface area contributed by atoms with E-state index in [0.717, 1.165) is 49.8 Å². The van der Waals surface area contributed by atoms with Crippen LogP contribution in [0.2, 0.25) is 0 Å². The summed E-state index contributed by atoms with van der Waals surface area (Å²) in [6, 6.07) is 4.08. The van der Waals surface area contributed by atoms with E-state index in [0.29, 0.717) is 13.2 Å². The van der Waals surface area contributed by atoms with Crippen molar-refractivity contribution >= 4 is 5.91 Å². The molecule has 0 aromatic carbocycles. The highest BCUT2D eigenvalue weighted by atomic mass is 16.5. The number of amides is 1. The molecular formula is C19H24N2O3. The summed E-state index contributed by atoms with van der Waals surface area (Å²) in [6.45, 7) is 1.90. The number of carbonyl (C=O) groups is 1. The Morgan fingerprint density at radius 1 is 1.42 bits per heavy atom. The maximum atomic E-state index is 12.9. The number of allylic oxidation sites excluding steroid dienone is 1. The van der Waals surface area contributed by atoms with Crippen molar-refractivity contribution in [3.63, 3.8) is 0 Å². The quantitative estimate of drug-likeness (QED) is 0.852. The van der Waals surface area contributed by atoms with Crippen molar-refractivity contribution in [2.75, 3.05) is 13.2 Å². The van der Waals surface area contributed by atoms with Gasteiger partial charge in [-0.05, 0) is 43.7 Å². The number of likely N-dealkylation sites (tertiary alicyclic amines) is 1. The standard InChI is InChI=1S/C19H24N2O3/c22-19(15-6-1-2-7-15)21-12-17(18-16(21)8-4-10-23-18)24-13-14-5-3-9-20-11-14/h3,5-6,9,11,16-18H,1-2,4,7-8,10,12-13H2/t16-,17+,18+/m1/s1. The minimum atomic E-state index is -0.0542. The molecule has 0 N–H and O–H groups in total. The average molecular weight is 328 g/mol. The van der Waals surface area contributed by atoms with Gasteiger partial charge in [-0.3, -0.25) is 9.78 Å². The van der Waals surface area contributed by atoms with E-state index in [4.69, 9.17) is 9.47 Å². The number of hydrogen-bond donors (Lipinski definition) is 0. The molecule has 0 saturated carbocycles. The topological polar surface area (TPSA) is 51.7 Å². The van der Waals surface area contributed by atoms with Crippen molar-refractivity contribution in [3.8, 4) is 0 Å². The van der Waals surface area contributed by atoms with Crippen molar-refractivity contribution in [2.45, 2.75) is 57.0 Å². The number of carbonyl (C=O) groups excluding carboxylic acids is 1. The second-order valence-electron chi connectivity index (χ2n) is 6.83. The lowest BCUT2D eigenvalue weighted by molar-refractivity contribution is -0.130. The molecule has 1 aromatic heterocycles. The van der Waals surface area contributed by atoms with Crippen LogP contribution in [0.5, 0.6) is 0 Å². The van der Waals surface area contributed by atoms with Crippen LogP contribution in [0.25, 0.3) is 0 Å². The Morgan fingerprint density at radius 2 is 2.38 bits per heavy atom. The molecule has 3 heterocycles. The predicted molar refractivity (Wildman–Crippen MR) is 89.2 cm³/mol. The number of hydrogen-bond acceptors (Lipinski definition) is 4. The van der Waals surface area contributed by atoms with E-state index in [1.54, 1.807) is 6.20 Å². The molecule has 3 aliphatic rings. The summed E-state index contributed by atoms with van der Waals surface area (Å²) >= 11 is 0. The lowest BCUT2D eigenvalue weighted by Crippen LogP contribution is -2.44. The van der Waals surface area contributed by atoms with E-state index in [1.807, 2.05) is 23.2 Å². The van der Waals surface area contributed by atoms with Gasteiger partial charge in [0.1, 0.15) is 12.2 Å². The summed E-state index contributed by atoms with van der Waals surface area (Å²) < 4.78 is 12.1. The maximum absolute atomic E-state index is 12.9. The van der Waals surface area contributed by atoms with E-state index >= 15 is 0 Å². The minimum absolute atomic E-state index is 0.00127. The number of fused-ring (bicyclic) bond motifs is 1. The highest BCUT2D eigenvalue weighted by Crippen LogP contribution is 2.33. The fourth-order valence-corrected chi connectivity index (χ4v) is 4.03. The van der Waals surface area contributed by atoms with Gasteiger partial charge < -0.3 is 14.4 Å². The minimum Gasteiger partial charge on any atom is -0.373 e. The SMILES string of the molecule is O=C(C1=CCCC1)N1C[C@H](OCc2cccnc2)[C@H]2OCCC[C@H]21. The van der Waals surface area contributed by atoms with Gasteiger partial charge in [0.25, 0.3) is 0 Å². The molecule has 0 spiro atoms. The third-order valence-electron chi connectivity index (χ3n) is 5.24. The second kappa shape index (κ2) is 7.03. The van der Waals surface area contributed by atoms with Crippen molar-refractivity contribution in [2.24, 2.45) is 0 Å².